The highest BCUT2D eigenvalue weighted by atomic mass is 79.9. The van der Waals surface area contributed by atoms with E-state index in [9.17, 15) is 4.79 Å². The van der Waals surface area contributed by atoms with E-state index in [1.807, 2.05) is 7.05 Å². The number of methoxy groups -OCH3 is 1. The zero-order chi connectivity index (χ0) is 11.4. The summed E-state index contributed by atoms with van der Waals surface area (Å²) in [6.07, 6.45) is 1.05. The zero-order valence-electron chi connectivity index (χ0n) is 9.63. The van der Waals surface area contributed by atoms with Gasteiger partial charge in [0.2, 0.25) is 0 Å². The van der Waals surface area contributed by atoms with Crippen molar-refractivity contribution in [2.75, 3.05) is 20.7 Å². The second kappa shape index (κ2) is 5.71. The van der Waals surface area contributed by atoms with Gasteiger partial charge in [0.15, 0.2) is 0 Å². The van der Waals surface area contributed by atoms with Gasteiger partial charge in [-0.1, -0.05) is 22.9 Å². The van der Waals surface area contributed by atoms with Crippen LogP contribution in [0, 0.1) is 0 Å². The molecule has 0 N–H and O–H groups in total. The van der Waals surface area contributed by atoms with Crippen LogP contribution in [0.5, 0.6) is 0 Å². The molecule has 3 nitrogen and oxygen atoms in total. The minimum atomic E-state index is -0.247. The van der Waals surface area contributed by atoms with Crippen molar-refractivity contribution < 1.29 is 9.53 Å². The molecule has 0 aromatic carbocycles. The second-order valence-corrected chi connectivity index (χ2v) is 5.14. The lowest BCUT2D eigenvalue weighted by molar-refractivity contribution is -0.140. The summed E-state index contributed by atoms with van der Waals surface area (Å²) in [4.78, 5) is 13.1. The predicted octanol–water partition coefficient (Wildman–Crippen LogP) is 2.04. The second-order valence-electron chi connectivity index (χ2n) is 4.04. The van der Waals surface area contributed by atoms with E-state index in [-0.39, 0.29) is 16.3 Å². The molecule has 0 fully saturated rings. The van der Waals surface area contributed by atoms with Gasteiger partial charge in [-0.2, -0.15) is 0 Å². The van der Waals surface area contributed by atoms with Gasteiger partial charge >= 0.3 is 5.97 Å². The number of nitrogens with zero attached hydrogens (tertiary/aromatic N) is 1. The Morgan fingerprint density at radius 3 is 2.43 bits per heavy atom. The lowest BCUT2D eigenvalue weighted by Gasteiger charge is -2.35. The highest BCUT2D eigenvalue weighted by molar-refractivity contribution is 9.10. The summed E-state index contributed by atoms with van der Waals surface area (Å²) in [7, 11) is 3.42. The summed E-state index contributed by atoms with van der Waals surface area (Å²) in [5.41, 5.74) is 0.111. The number of alkyl halides is 1. The van der Waals surface area contributed by atoms with Gasteiger partial charge in [-0.05, 0) is 27.3 Å². The Hall–Kier alpha value is -0.0900. The Kier molecular flexibility index (Phi) is 5.67. The molecule has 0 bridgehead atoms. The maximum atomic E-state index is 11.2. The monoisotopic (exact) mass is 265 g/mol. The molecule has 0 aliphatic rings. The number of carbonyl (C=O) groups is 1. The summed E-state index contributed by atoms with van der Waals surface area (Å²) in [5.74, 6) is -0.219. The first-order chi connectivity index (χ1) is 6.35. The van der Waals surface area contributed by atoms with Crippen LogP contribution in [0.2, 0.25) is 0 Å². The molecule has 14 heavy (non-hydrogen) atoms. The molecule has 1 unspecified atom stereocenters. The molecule has 84 valence electrons. The Morgan fingerprint density at radius 2 is 2.07 bits per heavy atom. The lowest BCUT2D eigenvalue weighted by atomic mass is 10.00. The fraction of sp³-hybridized carbons (Fsp3) is 0.900. The molecule has 0 rings (SSSR count). The number of hydrogen-bond acceptors (Lipinski definition) is 3. The Balaban J connectivity index is 4.18. The Labute approximate surface area is 94.9 Å². The summed E-state index contributed by atoms with van der Waals surface area (Å²) in [6, 6.07) is 0. The summed E-state index contributed by atoms with van der Waals surface area (Å²) in [6.45, 7) is 7.11. The van der Waals surface area contributed by atoms with Gasteiger partial charge in [0.05, 0.1) is 7.11 Å². The third-order valence-electron chi connectivity index (χ3n) is 2.79. The summed E-state index contributed by atoms with van der Waals surface area (Å²) < 4.78 is 4.65. The lowest BCUT2D eigenvalue weighted by Crippen LogP contribution is -2.44. The first-order valence-electron chi connectivity index (χ1n) is 4.78. The van der Waals surface area contributed by atoms with E-state index in [0.717, 1.165) is 6.42 Å². The van der Waals surface area contributed by atoms with Crippen LogP contribution >= 0.6 is 15.9 Å². The zero-order valence-corrected chi connectivity index (χ0v) is 11.2. The molecule has 0 heterocycles. The highest BCUT2D eigenvalue weighted by Crippen LogP contribution is 2.18. The molecule has 0 aromatic rings. The number of hydrogen-bond donors (Lipinski definition) is 0. The van der Waals surface area contributed by atoms with Crippen molar-refractivity contribution in [1.82, 2.24) is 4.90 Å². The largest absolute Gasteiger partial charge is 0.468 e. The summed E-state index contributed by atoms with van der Waals surface area (Å²) >= 11 is 3.31. The van der Waals surface area contributed by atoms with E-state index in [4.69, 9.17) is 0 Å². The van der Waals surface area contributed by atoms with Crippen LogP contribution in [0.15, 0.2) is 0 Å². The number of esters is 1. The van der Waals surface area contributed by atoms with Gasteiger partial charge in [-0.3, -0.25) is 9.69 Å². The van der Waals surface area contributed by atoms with E-state index >= 15 is 0 Å². The van der Waals surface area contributed by atoms with Gasteiger partial charge in [0.25, 0.3) is 0 Å². The van der Waals surface area contributed by atoms with Crippen LogP contribution in [0.1, 0.15) is 27.2 Å². The van der Waals surface area contributed by atoms with Gasteiger partial charge in [0, 0.05) is 12.1 Å². The molecule has 0 aliphatic heterocycles. The molecule has 1 atom stereocenters. The van der Waals surface area contributed by atoms with Crippen LogP contribution in [-0.2, 0) is 9.53 Å². The van der Waals surface area contributed by atoms with Gasteiger partial charge in [0.1, 0.15) is 4.83 Å². The molecule has 0 saturated heterocycles. The van der Waals surface area contributed by atoms with Crippen LogP contribution in [0.25, 0.3) is 0 Å². The van der Waals surface area contributed by atoms with Gasteiger partial charge in [-0.25, -0.2) is 0 Å². The minimum absolute atomic E-state index is 0.111. The molecule has 0 amide bonds. The van der Waals surface area contributed by atoms with E-state index < -0.39 is 0 Å². The van der Waals surface area contributed by atoms with Crippen molar-refractivity contribution in [2.24, 2.45) is 0 Å². The van der Waals surface area contributed by atoms with Crippen molar-refractivity contribution in [3.63, 3.8) is 0 Å². The quantitative estimate of drug-likeness (QED) is 0.563. The molecule has 0 aromatic heterocycles. The third-order valence-corrected chi connectivity index (χ3v) is 3.45. The van der Waals surface area contributed by atoms with Gasteiger partial charge in [-0.15, -0.1) is 0 Å². The van der Waals surface area contributed by atoms with Crippen molar-refractivity contribution >= 4 is 21.9 Å². The minimum Gasteiger partial charge on any atom is -0.468 e. The number of ether oxygens (including phenoxy) is 1. The SMILES string of the molecule is CCC(C)(C)N(C)CC(Br)C(=O)OC. The van der Waals surface area contributed by atoms with Crippen molar-refractivity contribution in [1.29, 1.82) is 0 Å². The van der Waals surface area contributed by atoms with E-state index in [1.54, 1.807) is 0 Å². The number of rotatable bonds is 5. The maximum Gasteiger partial charge on any atom is 0.320 e. The molecule has 0 aliphatic carbocycles. The molecule has 0 saturated carbocycles. The van der Waals surface area contributed by atoms with Crippen molar-refractivity contribution in [2.45, 2.75) is 37.6 Å². The molecule has 0 radical (unpaired) electrons. The van der Waals surface area contributed by atoms with Crippen molar-refractivity contribution in [3.05, 3.63) is 0 Å². The van der Waals surface area contributed by atoms with E-state index in [0.29, 0.717) is 6.54 Å². The maximum absolute atomic E-state index is 11.2. The van der Waals surface area contributed by atoms with Crippen LogP contribution in [0.3, 0.4) is 0 Å². The standard InChI is InChI=1S/C10H20BrNO2/c1-6-10(2,3)12(4)7-8(11)9(13)14-5/h8H,6-7H2,1-5H3. The normalized spacial score (nSPS) is 14.2. The highest BCUT2D eigenvalue weighted by Gasteiger charge is 2.25. The fourth-order valence-electron chi connectivity index (χ4n) is 0.960. The number of carbonyl (C=O) groups excluding carboxylic acids is 1. The third kappa shape index (κ3) is 3.96. The molecule has 0 spiro atoms. The molecular weight excluding hydrogens is 246 g/mol. The van der Waals surface area contributed by atoms with Gasteiger partial charge < -0.3 is 4.74 Å². The number of halogens is 1. The average Bonchev–Trinajstić information content (AvgIpc) is 2.16. The smallest absolute Gasteiger partial charge is 0.320 e. The van der Waals surface area contributed by atoms with Crippen molar-refractivity contribution in [3.8, 4) is 0 Å². The molecule has 4 heteroatoms. The average molecular weight is 266 g/mol. The van der Waals surface area contributed by atoms with Crippen LogP contribution in [-0.4, -0.2) is 41.9 Å². The first kappa shape index (κ1) is 13.9. The Morgan fingerprint density at radius 1 is 1.57 bits per heavy atom. The van der Waals surface area contributed by atoms with Crippen LogP contribution < -0.4 is 0 Å². The topological polar surface area (TPSA) is 29.5 Å². The molecular formula is C10H20BrNO2. The fourth-order valence-corrected chi connectivity index (χ4v) is 1.58. The van der Waals surface area contributed by atoms with Crippen LogP contribution in [0.4, 0.5) is 0 Å². The van der Waals surface area contributed by atoms with E-state index in [1.165, 1.54) is 7.11 Å². The summed E-state index contributed by atoms with van der Waals surface area (Å²) in [5, 5.41) is 0. The van der Waals surface area contributed by atoms with E-state index in [2.05, 4.69) is 46.3 Å². The first-order valence-corrected chi connectivity index (χ1v) is 5.70. The predicted molar refractivity (Wildman–Crippen MR) is 61.7 cm³/mol. The Bertz CT molecular complexity index is 195.